The quantitative estimate of drug-likeness (QED) is 0.318. The molecule has 1 saturated carbocycles. The lowest BCUT2D eigenvalue weighted by atomic mass is 10.1. The highest BCUT2D eigenvalue weighted by Gasteiger charge is 2.29. The lowest BCUT2D eigenvalue weighted by Crippen LogP contribution is -2.49. The maximum absolute atomic E-state index is 13.4. The van der Waals surface area contributed by atoms with Crippen LogP contribution >= 0.6 is 46.4 Å². The Morgan fingerprint density at radius 2 is 1.66 bits per heavy atom. The smallest absolute Gasteiger partial charge is 0.242 e. The average Bonchev–Trinajstić information content (AvgIpc) is 3.36. The van der Waals surface area contributed by atoms with Gasteiger partial charge in [-0.25, -0.2) is 8.42 Å². The van der Waals surface area contributed by atoms with Crippen molar-refractivity contribution in [2.75, 3.05) is 17.1 Å². The van der Waals surface area contributed by atoms with Crippen LogP contribution in [0.25, 0.3) is 0 Å². The van der Waals surface area contributed by atoms with Crippen molar-refractivity contribution < 1.29 is 18.0 Å². The minimum Gasteiger partial charge on any atom is -0.352 e. The van der Waals surface area contributed by atoms with Gasteiger partial charge in [-0.3, -0.25) is 13.9 Å². The Balaban J connectivity index is 1.76. The molecule has 1 atom stereocenters. The van der Waals surface area contributed by atoms with Gasteiger partial charge in [0.25, 0.3) is 0 Å². The van der Waals surface area contributed by atoms with Crippen molar-refractivity contribution in [3.63, 3.8) is 0 Å². The van der Waals surface area contributed by atoms with Crippen molar-refractivity contribution in [2.45, 2.75) is 64.1 Å². The minimum atomic E-state index is -3.70. The van der Waals surface area contributed by atoms with Crippen molar-refractivity contribution >= 4 is 73.9 Å². The summed E-state index contributed by atoms with van der Waals surface area (Å²) in [4.78, 5) is 28.0. The van der Waals surface area contributed by atoms with Crippen molar-refractivity contribution in [3.8, 4) is 0 Å². The topological polar surface area (TPSA) is 86.8 Å². The number of rotatable bonds is 11. The van der Waals surface area contributed by atoms with Crippen LogP contribution in [0.15, 0.2) is 36.4 Å². The van der Waals surface area contributed by atoms with Gasteiger partial charge < -0.3 is 10.2 Å². The Hall–Kier alpha value is -1.71. The first kappa shape index (κ1) is 30.8. The fourth-order valence-electron chi connectivity index (χ4n) is 4.47. The van der Waals surface area contributed by atoms with Gasteiger partial charge in [-0.1, -0.05) is 65.3 Å². The normalized spacial score (nSPS) is 14.8. The van der Waals surface area contributed by atoms with E-state index in [1.165, 1.54) is 17.0 Å². The van der Waals surface area contributed by atoms with Crippen LogP contribution in [-0.4, -0.2) is 50.0 Å². The van der Waals surface area contributed by atoms with Crippen LogP contribution in [0.4, 0.5) is 5.69 Å². The minimum absolute atomic E-state index is 0.00652. The second kappa shape index (κ2) is 13.6. The second-order valence-electron chi connectivity index (χ2n) is 9.47. The molecule has 12 heteroatoms. The van der Waals surface area contributed by atoms with Crippen LogP contribution in [0, 0.1) is 0 Å². The highest BCUT2D eigenvalue weighted by Crippen LogP contribution is 2.31. The van der Waals surface area contributed by atoms with Gasteiger partial charge in [0.2, 0.25) is 21.8 Å². The molecule has 1 N–H and O–H groups in total. The van der Waals surface area contributed by atoms with Crippen LogP contribution in [0.1, 0.15) is 51.0 Å². The number of carbonyl (C=O) groups excluding carboxylic acids is 2. The maximum Gasteiger partial charge on any atom is 0.242 e. The van der Waals surface area contributed by atoms with Gasteiger partial charge in [-0.2, -0.15) is 0 Å². The lowest BCUT2D eigenvalue weighted by molar-refractivity contribution is -0.141. The summed E-state index contributed by atoms with van der Waals surface area (Å²) in [6, 6.07) is 8.98. The fourth-order valence-corrected chi connectivity index (χ4v) is 6.19. The average molecular weight is 623 g/mol. The summed E-state index contributed by atoms with van der Waals surface area (Å²) in [6.07, 6.45) is 5.25. The van der Waals surface area contributed by atoms with Crippen LogP contribution in [0.3, 0.4) is 0 Å². The number of amides is 2. The first-order valence-corrected chi connectivity index (χ1v) is 15.7. The van der Waals surface area contributed by atoms with E-state index in [1.54, 1.807) is 31.2 Å². The van der Waals surface area contributed by atoms with Crippen LogP contribution in [0.2, 0.25) is 20.1 Å². The van der Waals surface area contributed by atoms with E-state index in [2.05, 4.69) is 5.32 Å². The predicted octanol–water partition coefficient (Wildman–Crippen LogP) is 6.32. The molecule has 7 nitrogen and oxygen atoms in total. The van der Waals surface area contributed by atoms with E-state index in [9.17, 15) is 18.0 Å². The summed E-state index contributed by atoms with van der Waals surface area (Å²) in [5.41, 5.74) is 0.961. The van der Waals surface area contributed by atoms with Gasteiger partial charge in [0.15, 0.2) is 0 Å². The predicted molar refractivity (Wildman–Crippen MR) is 155 cm³/mol. The fraction of sp³-hybridized carbons (Fsp3) is 0.462. The number of hydrogen-bond donors (Lipinski definition) is 1. The molecule has 0 heterocycles. The van der Waals surface area contributed by atoms with E-state index in [1.807, 2.05) is 0 Å². The van der Waals surface area contributed by atoms with Gasteiger partial charge >= 0.3 is 0 Å². The summed E-state index contributed by atoms with van der Waals surface area (Å²) < 4.78 is 26.2. The number of nitrogens with one attached hydrogen (secondary N) is 1. The molecule has 2 aromatic carbocycles. The molecule has 0 aromatic heterocycles. The molecule has 3 rings (SSSR count). The van der Waals surface area contributed by atoms with Gasteiger partial charge in [0.1, 0.15) is 6.04 Å². The Kier molecular flexibility index (Phi) is 11.0. The molecule has 2 amide bonds. The zero-order valence-corrected chi connectivity index (χ0v) is 25.1. The molecule has 208 valence electrons. The third kappa shape index (κ3) is 8.39. The van der Waals surface area contributed by atoms with E-state index in [0.717, 1.165) is 41.8 Å². The molecule has 0 aliphatic heterocycles. The lowest BCUT2D eigenvalue weighted by Gasteiger charge is -2.30. The summed E-state index contributed by atoms with van der Waals surface area (Å²) in [5, 5.41) is 4.35. The second-order valence-corrected chi connectivity index (χ2v) is 13.0. The largest absolute Gasteiger partial charge is 0.352 e. The molecule has 0 radical (unpaired) electrons. The summed E-state index contributed by atoms with van der Waals surface area (Å²) in [5.74, 6) is -0.524. The first-order valence-electron chi connectivity index (χ1n) is 12.3. The Bertz CT molecular complexity index is 1270. The molecule has 0 bridgehead atoms. The molecule has 0 spiro atoms. The zero-order chi connectivity index (χ0) is 28.0. The number of nitrogens with zero attached hydrogens (tertiary/aromatic N) is 2. The molecule has 0 saturated heterocycles. The molecular weight excluding hydrogens is 592 g/mol. The van der Waals surface area contributed by atoms with Gasteiger partial charge in [-0.15, -0.1) is 0 Å². The Morgan fingerprint density at radius 3 is 2.29 bits per heavy atom. The van der Waals surface area contributed by atoms with E-state index in [4.69, 9.17) is 46.4 Å². The van der Waals surface area contributed by atoms with Gasteiger partial charge in [0, 0.05) is 30.6 Å². The SMILES string of the molecule is C[C@H](C(=O)NC1CCCC1)N(Cc1ccc(Cl)c(Cl)c1)C(=O)CCCN(c1cc(Cl)ccc1Cl)S(C)(=O)=O. The van der Waals surface area contributed by atoms with Crippen LogP contribution < -0.4 is 9.62 Å². The molecule has 0 unspecified atom stereocenters. The summed E-state index contributed by atoms with van der Waals surface area (Å²) in [7, 11) is -3.70. The number of hydrogen-bond acceptors (Lipinski definition) is 4. The van der Waals surface area contributed by atoms with Gasteiger partial charge in [-0.05, 0) is 62.1 Å². The zero-order valence-electron chi connectivity index (χ0n) is 21.2. The van der Waals surface area contributed by atoms with E-state index >= 15 is 0 Å². The van der Waals surface area contributed by atoms with Gasteiger partial charge in [0.05, 0.1) is 27.0 Å². The van der Waals surface area contributed by atoms with E-state index in [-0.39, 0.29) is 54.5 Å². The monoisotopic (exact) mass is 621 g/mol. The standard InChI is InChI=1S/C26H31Cl4N3O4S/c1-17(26(35)31-20-6-3-4-7-20)32(16-18-9-11-21(28)23(30)14-18)25(34)8-5-13-33(38(2,36)37)24-15-19(27)10-12-22(24)29/h9-12,14-15,17,20H,3-8,13,16H2,1-2H3,(H,31,35)/t17-/m1/s1. The molecule has 1 aliphatic carbocycles. The third-order valence-corrected chi connectivity index (χ3v) is 9.01. The number of benzene rings is 2. The summed E-state index contributed by atoms with van der Waals surface area (Å²) in [6.45, 7) is 1.84. The maximum atomic E-state index is 13.4. The number of carbonyl (C=O) groups is 2. The van der Waals surface area contributed by atoms with Crippen LogP contribution in [0.5, 0.6) is 0 Å². The number of sulfonamides is 1. The molecule has 2 aromatic rings. The third-order valence-electron chi connectivity index (χ3n) is 6.53. The van der Waals surface area contributed by atoms with Crippen molar-refractivity contribution in [1.29, 1.82) is 0 Å². The Morgan fingerprint density at radius 1 is 1.00 bits per heavy atom. The highest BCUT2D eigenvalue weighted by atomic mass is 35.5. The highest BCUT2D eigenvalue weighted by molar-refractivity contribution is 7.92. The number of halogens is 4. The van der Waals surface area contributed by atoms with E-state index in [0.29, 0.717) is 15.1 Å². The van der Waals surface area contributed by atoms with Crippen LogP contribution in [-0.2, 0) is 26.2 Å². The molecule has 1 aliphatic rings. The summed E-state index contributed by atoms with van der Waals surface area (Å²) >= 11 is 24.5. The van der Waals surface area contributed by atoms with E-state index < -0.39 is 16.1 Å². The molecule has 38 heavy (non-hydrogen) atoms. The van der Waals surface area contributed by atoms with Crippen molar-refractivity contribution in [2.24, 2.45) is 0 Å². The molecule has 1 fully saturated rings. The molecular formula is C26H31Cl4N3O4S. The number of anilines is 1. The first-order chi connectivity index (χ1) is 17.9. The Labute approximate surface area is 244 Å². The van der Waals surface area contributed by atoms with Crippen molar-refractivity contribution in [3.05, 3.63) is 62.1 Å². The van der Waals surface area contributed by atoms with Crippen molar-refractivity contribution in [1.82, 2.24) is 10.2 Å².